The van der Waals surface area contributed by atoms with Crippen molar-refractivity contribution >= 4 is 27.2 Å². The van der Waals surface area contributed by atoms with E-state index in [1.54, 1.807) is 11.3 Å². The van der Waals surface area contributed by atoms with Crippen LogP contribution in [-0.2, 0) is 11.2 Å². The molecule has 0 aliphatic carbocycles. The van der Waals surface area contributed by atoms with E-state index in [4.69, 9.17) is 0 Å². The standard InChI is InChI=1S/C16H19NOS/c1-16(6-8-17-9-7-16)15(18)10-12-11-19-14-5-3-2-4-13(12)14/h2-5,11,17H,6-10H2,1H3. The van der Waals surface area contributed by atoms with Gasteiger partial charge < -0.3 is 5.32 Å². The molecule has 2 nitrogen and oxygen atoms in total. The molecule has 0 radical (unpaired) electrons. The third kappa shape index (κ3) is 2.45. The van der Waals surface area contributed by atoms with Gasteiger partial charge in [0.05, 0.1) is 0 Å². The van der Waals surface area contributed by atoms with Crippen LogP contribution in [0.3, 0.4) is 0 Å². The quantitative estimate of drug-likeness (QED) is 0.928. The molecule has 1 aliphatic heterocycles. The minimum atomic E-state index is -0.131. The lowest BCUT2D eigenvalue weighted by molar-refractivity contribution is -0.128. The van der Waals surface area contributed by atoms with Crippen LogP contribution in [0.5, 0.6) is 0 Å². The highest BCUT2D eigenvalue weighted by molar-refractivity contribution is 7.17. The van der Waals surface area contributed by atoms with E-state index in [0.29, 0.717) is 12.2 Å². The van der Waals surface area contributed by atoms with Crippen LogP contribution in [0.1, 0.15) is 25.3 Å². The van der Waals surface area contributed by atoms with Crippen molar-refractivity contribution in [2.45, 2.75) is 26.2 Å². The zero-order chi connectivity index (χ0) is 13.3. The Hall–Kier alpha value is -1.19. The first-order valence-corrected chi connectivity index (χ1v) is 7.76. The Bertz CT molecular complexity index is 596. The largest absolute Gasteiger partial charge is 0.317 e. The molecule has 0 spiro atoms. The van der Waals surface area contributed by atoms with Gasteiger partial charge in [0.2, 0.25) is 0 Å². The van der Waals surface area contributed by atoms with Gasteiger partial charge in [0.1, 0.15) is 5.78 Å². The Labute approximate surface area is 117 Å². The number of carbonyl (C=O) groups is 1. The van der Waals surface area contributed by atoms with Gasteiger partial charge >= 0.3 is 0 Å². The van der Waals surface area contributed by atoms with Crippen molar-refractivity contribution in [3.05, 3.63) is 35.2 Å². The Balaban J connectivity index is 1.82. The number of piperidine rings is 1. The molecule has 2 heterocycles. The van der Waals surface area contributed by atoms with E-state index in [2.05, 4.69) is 41.9 Å². The van der Waals surface area contributed by atoms with Crippen LogP contribution in [-0.4, -0.2) is 18.9 Å². The van der Waals surface area contributed by atoms with Crippen molar-refractivity contribution in [1.82, 2.24) is 5.32 Å². The second-order valence-corrected chi connectivity index (χ2v) is 6.58. The van der Waals surface area contributed by atoms with Crippen LogP contribution in [0.2, 0.25) is 0 Å². The van der Waals surface area contributed by atoms with Gasteiger partial charge in [-0.15, -0.1) is 11.3 Å². The monoisotopic (exact) mass is 273 g/mol. The maximum absolute atomic E-state index is 12.6. The van der Waals surface area contributed by atoms with Crippen molar-refractivity contribution in [1.29, 1.82) is 0 Å². The van der Waals surface area contributed by atoms with Gasteiger partial charge in [0, 0.05) is 16.5 Å². The summed E-state index contributed by atoms with van der Waals surface area (Å²) in [5.41, 5.74) is 1.07. The van der Waals surface area contributed by atoms with Crippen LogP contribution in [0, 0.1) is 5.41 Å². The van der Waals surface area contributed by atoms with Gasteiger partial charge in [-0.05, 0) is 48.3 Å². The van der Waals surface area contributed by atoms with Crippen molar-refractivity contribution in [2.24, 2.45) is 5.41 Å². The minimum Gasteiger partial charge on any atom is -0.317 e. The molecule has 1 saturated heterocycles. The topological polar surface area (TPSA) is 29.1 Å². The summed E-state index contributed by atoms with van der Waals surface area (Å²) in [5, 5.41) is 6.73. The van der Waals surface area contributed by atoms with Crippen LogP contribution >= 0.6 is 11.3 Å². The number of hydrogen-bond acceptors (Lipinski definition) is 3. The van der Waals surface area contributed by atoms with E-state index in [-0.39, 0.29) is 5.41 Å². The first-order valence-electron chi connectivity index (χ1n) is 6.88. The third-order valence-corrected chi connectivity index (χ3v) is 5.30. The summed E-state index contributed by atoms with van der Waals surface area (Å²) in [6.45, 7) is 4.06. The highest BCUT2D eigenvalue weighted by atomic mass is 32.1. The van der Waals surface area contributed by atoms with E-state index in [1.807, 2.05) is 0 Å². The number of fused-ring (bicyclic) bond motifs is 1. The lowest BCUT2D eigenvalue weighted by Crippen LogP contribution is -2.40. The predicted molar refractivity (Wildman–Crippen MR) is 80.7 cm³/mol. The van der Waals surface area contributed by atoms with E-state index < -0.39 is 0 Å². The summed E-state index contributed by atoms with van der Waals surface area (Å²) >= 11 is 1.74. The van der Waals surface area contributed by atoms with Crippen molar-refractivity contribution in [3.63, 3.8) is 0 Å². The summed E-state index contributed by atoms with van der Waals surface area (Å²) in [7, 11) is 0. The predicted octanol–water partition coefficient (Wildman–Crippen LogP) is 3.40. The van der Waals surface area contributed by atoms with Crippen LogP contribution < -0.4 is 5.32 Å². The van der Waals surface area contributed by atoms with Crippen LogP contribution in [0.15, 0.2) is 29.6 Å². The summed E-state index contributed by atoms with van der Waals surface area (Å²) < 4.78 is 1.28. The Morgan fingerprint density at radius 2 is 2.05 bits per heavy atom. The summed E-state index contributed by atoms with van der Waals surface area (Å²) in [6, 6.07) is 8.35. The second-order valence-electron chi connectivity index (χ2n) is 5.67. The van der Waals surface area contributed by atoms with Gasteiger partial charge in [0.25, 0.3) is 0 Å². The average molecular weight is 273 g/mol. The number of rotatable bonds is 3. The Kier molecular flexibility index (Phi) is 3.42. The molecule has 0 amide bonds. The smallest absolute Gasteiger partial charge is 0.143 e. The Morgan fingerprint density at radius 1 is 1.32 bits per heavy atom. The lowest BCUT2D eigenvalue weighted by Gasteiger charge is -2.32. The van der Waals surface area contributed by atoms with Gasteiger partial charge in [0.15, 0.2) is 0 Å². The molecule has 1 fully saturated rings. The molecule has 1 aromatic carbocycles. The maximum Gasteiger partial charge on any atom is 0.143 e. The fourth-order valence-electron chi connectivity index (χ4n) is 2.81. The van der Waals surface area contributed by atoms with Crippen LogP contribution in [0.25, 0.3) is 10.1 Å². The molecule has 0 atom stereocenters. The average Bonchev–Trinajstić information content (AvgIpc) is 2.83. The molecule has 1 N–H and O–H groups in total. The maximum atomic E-state index is 12.6. The molecule has 1 aromatic heterocycles. The highest BCUT2D eigenvalue weighted by Gasteiger charge is 2.34. The number of ketones is 1. The van der Waals surface area contributed by atoms with Crippen molar-refractivity contribution < 1.29 is 4.79 Å². The summed E-state index contributed by atoms with van der Waals surface area (Å²) in [5.74, 6) is 0.401. The number of Topliss-reactive ketones (excluding diaryl/α,β-unsaturated/α-hetero) is 1. The molecular formula is C16H19NOS. The van der Waals surface area contributed by atoms with Gasteiger partial charge in [-0.25, -0.2) is 0 Å². The zero-order valence-electron chi connectivity index (χ0n) is 11.2. The first-order chi connectivity index (χ1) is 9.19. The molecule has 1 aliphatic rings. The number of thiophene rings is 1. The van der Waals surface area contributed by atoms with Gasteiger partial charge in [-0.2, -0.15) is 0 Å². The molecular weight excluding hydrogens is 254 g/mol. The fraction of sp³-hybridized carbons (Fsp3) is 0.438. The normalized spacial score (nSPS) is 18.6. The molecule has 0 bridgehead atoms. The summed E-state index contributed by atoms with van der Waals surface area (Å²) in [4.78, 5) is 12.6. The van der Waals surface area contributed by atoms with Gasteiger partial charge in [-0.3, -0.25) is 4.79 Å². The lowest BCUT2D eigenvalue weighted by atomic mass is 9.75. The number of benzene rings is 1. The second kappa shape index (κ2) is 5.06. The molecule has 19 heavy (non-hydrogen) atoms. The van der Waals surface area contributed by atoms with Crippen molar-refractivity contribution in [2.75, 3.05) is 13.1 Å². The van der Waals surface area contributed by atoms with Gasteiger partial charge in [-0.1, -0.05) is 25.1 Å². The fourth-order valence-corrected chi connectivity index (χ4v) is 3.78. The molecule has 0 saturated carbocycles. The number of nitrogens with one attached hydrogen (secondary N) is 1. The number of carbonyl (C=O) groups excluding carboxylic acids is 1. The van der Waals surface area contributed by atoms with Crippen LogP contribution in [0.4, 0.5) is 0 Å². The minimum absolute atomic E-state index is 0.131. The van der Waals surface area contributed by atoms with E-state index >= 15 is 0 Å². The number of hydrogen-bond donors (Lipinski definition) is 1. The SMILES string of the molecule is CC1(C(=O)Cc2csc3ccccc23)CCNCC1. The molecule has 3 rings (SSSR count). The zero-order valence-corrected chi connectivity index (χ0v) is 12.1. The Morgan fingerprint density at radius 3 is 2.84 bits per heavy atom. The van der Waals surface area contributed by atoms with E-state index in [9.17, 15) is 4.79 Å². The molecule has 3 heteroatoms. The summed E-state index contributed by atoms with van der Waals surface area (Å²) in [6.07, 6.45) is 2.52. The molecule has 0 unspecified atom stereocenters. The van der Waals surface area contributed by atoms with E-state index in [1.165, 1.54) is 15.6 Å². The third-order valence-electron chi connectivity index (χ3n) is 4.29. The molecule has 100 valence electrons. The highest BCUT2D eigenvalue weighted by Crippen LogP contribution is 2.33. The first kappa shape index (κ1) is 12.8. The van der Waals surface area contributed by atoms with Crippen molar-refractivity contribution in [3.8, 4) is 0 Å². The molecule has 2 aromatic rings. The van der Waals surface area contributed by atoms with E-state index in [0.717, 1.165) is 25.9 Å².